The van der Waals surface area contributed by atoms with Gasteiger partial charge in [0, 0.05) is 0 Å². The maximum atomic E-state index is 2.28. The molecule has 0 aliphatic heterocycles. The molecule has 0 heteroatoms. The second-order valence-electron chi connectivity index (χ2n) is 3.70. The van der Waals surface area contributed by atoms with Crippen LogP contribution in [-0.2, 0) is 6.42 Å². The fourth-order valence-electron chi connectivity index (χ4n) is 1.26. The molecular weight excluding hydrogens is 156 g/mol. The molecule has 0 unspecified atom stereocenters. The van der Waals surface area contributed by atoms with E-state index in [1.165, 1.54) is 5.56 Å². The van der Waals surface area contributed by atoms with E-state index >= 15 is 0 Å². The quantitative estimate of drug-likeness (QED) is 0.608. The molecule has 0 heterocycles. The minimum atomic E-state index is 0.677. The first kappa shape index (κ1) is 10.0. The first-order valence-electron chi connectivity index (χ1n) is 4.99. The Kier molecular flexibility index (Phi) is 4.31. The lowest BCUT2D eigenvalue weighted by Crippen LogP contribution is -1.82. The molecule has 0 atom stereocenters. The highest BCUT2D eigenvalue weighted by molar-refractivity contribution is 5.15. The van der Waals surface area contributed by atoms with E-state index in [-0.39, 0.29) is 0 Å². The second-order valence-corrected chi connectivity index (χ2v) is 3.70. The van der Waals surface area contributed by atoms with Crippen molar-refractivity contribution < 1.29 is 0 Å². The normalized spacial score (nSPS) is 11.3. The monoisotopic (exact) mass is 174 g/mol. The average molecular weight is 174 g/mol. The van der Waals surface area contributed by atoms with Gasteiger partial charge in [-0.15, -0.1) is 0 Å². The predicted octanol–water partition coefficient (Wildman–Crippen LogP) is 3.83. The molecule has 1 rings (SSSR count). The van der Waals surface area contributed by atoms with Gasteiger partial charge in [0.2, 0.25) is 0 Å². The van der Waals surface area contributed by atoms with Crippen LogP contribution < -0.4 is 0 Å². The van der Waals surface area contributed by atoms with E-state index in [9.17, 15) is 0 Å². The van der Waals surface area contributed by atoms with Gasteiger partial charge >= 0.3 is 0 Å². The van der Waals surface area contributed by atoms with Crippen LogP contribution in [0.3, 0.4) is 0 Å². The van der Waals surface area contributed by atoms with Crippen molar-refractivity contribution >= 4 is 0 Å². The summed E-state index contributed by atoms with van der Waals surface area (Å²) >= 11 is 0. The van der Waals surface area contributed by atoms with Crippen LogP contribution in [0.4, 0.5) is 0 Å². The Morgan fingerprint density at radius 1 is 1.15 bits per heavy atom. The smallest absolute Gasteiger partial charge is 0.0244 e. The van der Waals surface area contributed by atoms with Crippen molar-refractivity contribution in [2.75, 3.05) is 0 Å². The fraction of sp³-hybridized carbons (Fsp3) is 0.385. The first-order chi connectivity index (χ1) is 6.29. The van der Waals surface area contributed by atoms with E-state index in [0.717, 1.165) is 12.8 Å². The van der Waals surface area contributed by atoms with Crippen molar-refractivity contribution in [3.05, 3.63) is 48.0 Å². The van der Waals surface area contributed by atoms with Gasteiger partial charge in [-0.1, -0.05) is 56.3 Å². The van der Waals surface area contributed by atoms with Crippen LogP contribution in [0, 0.1) is 5.92 Å². The highest BCUT2D eigenvalue weighted by Gasteiger charge is 1.88. The Morgan fingerprint density at radius 3 is 2.46 bits per heavy atom. The Morgan fingerprint density at radius 2 is 1.85 bits per heavy atom. The third kappa shape index (κ3) is 4.51. The summed E-state index contributed by atoms with van der Waals surface area (Å²) in [6, 6.07) is 10.6. The summed E-state index contributed by atoms with van der Waals surface area (Å²) in [5, 5.41) is 0. The van der Waals surface area contributed by atoms with Crippen molar-refractivity contribution in [3.63, 3.8) is 0 Å². The van der Waals surface area contributed by atoms with Gasteiger partial charge in [0.15, 0.2) is 0 Å². The third-order valence-corrected chi connectivity index (χ3v) is 1.96. The van der Waals surface area contributed by atoms with Gasteiger partial charge in [-0.2, -0.15) is 0 Å². The minimum Gasteiger partial charge on any atom is -0.0880 e. The summed E-state index contributed by atoms with van der Waals surface area (Å²) in [5.41, 5.74) is 1.43. The molecular formula is C13H18. The van der Waals surface area contributed by atoms with E-state index in [1.54, 1.807) is 0 Å². The lowest BCUT2D eigenvalue weighted by molar-refractivity contribution is 0.821. The molecule has 1 aromatic rings. The van der Waals surface area contributed by atoms with E-state index < -0.39 is 0 Å². The van der Waals surface area contributed by atoms with Gasteiger partial charge in [-0.05, 0) is 24.3 Å². The molecule has 0 saturated heterocycles. The highest BCUT2D eigenvalue weighted by Crippen LogP contribution is 2.03. The standard InChI is InChI=1S/C13H18/c1-12(2)8-6-7-11-13-9-4-3-5-10-13/h3-6,8-10,12H,7,11H2,1-2H3/b8-6-. The highest BCUT2D eigenvalue weighted by atomic mass is 13.9. The van der Waals surface area contributed by atoms with Crippen LogP contribution in [-0.4, -0.2) is 0 Å². The molecule has 0 N–H and O–H groups in total. The number of hydrogen-bond acceptors (Lipinski definition) is 0. The zero-order valence-electron chi connectivity index (χ0n) is 8.53. The molecule has 0 bridgehead atoms. The van der Waals surface area contributed by atoms with E-state index in [0.29, 0.717) is 5.92 Å². The van der Waals surface area contributed by atoms with Gasteiger partial charge in [-0.25, -0.2) is 0 Å². The Balaban J connectivity index is 2.28. The zero-order valence-corrected chi connectivity index (χ0v) is 8.53. The Hall–Kier alpha value is -1.04. The molecule has 0 aliphatic carbocycles. The molecule has 0 fully saturated rings. The minimum absolute atomic E-state index is 0.677. The summed E-state index contributed by atoms with van der Waals surface area (Å²) < 4.78 is 0. The summed E-state index contributed by atoms with van der Waals surface area (Å²) in [6.45, 7) is 4.41. The maximum Gasteiger partial charge on any atom is -0.0244 e. The van der Waals surface area contributed by atoms with Crippen molar-refractivity contribution in [2.24, 2.45) is 5.92 Å². The summed E-state index contributed by atoms with van der Waals surface area (Å²) in [4.78, 5) is 0. The van der Waals surface area contributed by atoms with Crippen LogP contribution in [0.2, 0.25) is 0 Å². The van der Waals surface area contributed by atoms with E-state index in [1.807, 2.05) is 0 Å². The molecule has 1 aromatic carbocycles. The molecule has 0 spiro atoms. The number of hydrogen-bond donors (Lipinski definition) is 0. The first-order valence-corrected chi connectivity index (χ1v) is 4.99. The number of benzene rings is 1. The van der Waals surface area contributed by atoms with Crippen LogP contribution in [0.5, 0.6) is 0 Å². The topological polar surface area (TPSA) is 0 Å². The van der Waals surface area contributed by atoms with Crippen molar-refractivity contribution in [2.45, 2.75) is 26.7 Å². The second kappa shape index (κ2) is 5.58. The van der Waals surface area contributed by atoms with Gasteiger partial charge in [0.05, 0.1) is 0 Å². The van der Waals surface area contributed by atoms with Crippen LogP contribution >= 0.6 is 0 Å². The summed E-state index contributed by atoms with van der Waals surface area (Å²) in [7, 11) is 0. The van der Waals surface area contributed by atoms with Gasteiger partial charge in [0.1, 0.15) is 0 Å². The molecule has 0 aromatic heterocycles. The molecule has 0 nitrogen and oxygen atoms in total. The number of allylic oxidation sites excluding steroid dienone is 2. The lowest BCUT2D eigenvalue weighted by Gasteiger charge is -1.97. The van der Waals surface area contributed by atoms with Crippen LogP contribution in [0.1, 0.15) is 25.8 Å². The van der Waals surface area contributed by atoms with Gasteiger partial charge in [0.25, 0.3) is 0 Å². The third-order valence-electron chi connectivity index (χ3n) is 1.96. The van der Waals surface area contributed by atoms with Crippen molar-refractivity contribution in [1.82, 2.24) is 0 Å². The van der Waals surface area contributed by atoms with Gasteiger partial charge in [-0.3, -0.25) is 0 Å². The molecule has 0 saturated carbocycles. The summed E-state index contributed by atoms with van der Waals surface area (Å²) in [5.74, 6) is 0.677. The van der Waals surface area contributed by atoms with Crippen LogP contribution in [0.15, 0.2) is 42.5 Å². The lowest BCUT2D eigenvalue weighted by atomic mass is 10.1. The molecule has 13 heavy (non-hydrogen) atoms. The van der Waals surface area contributed by atoms with Crippen LogP contribution in [0.25, 0.3) is 0 Å². The fourth-order valence-corrected chi connectivity index (χ4v) is 1.26. The summed E-state index contributed by atoms with van der Waals surface area (Å²) in [6.07, 6.45) is 6.85. The molecule has 70 valence electrons. The van der Waals surface area contributed by atoms with Gasteiger partial charge < -0.3 is 0 Å². The van der Waals surface area contributed by atoms with E-state index in [2.05, 4.69) is 56.3 Å². The van der Waals surface area contributed by atoms with Crippen molar-refractivity contribution in [1.29, 1.82) is 0 Å². The largest absolute Gasteiger partial charge is 0.0880 e. The molecule has 0 amide bonds. The average Bonchev–Trinajstić information content (AvgIpc) is 2.14. The number of rotatable bonds is 4. The molecule has 0 aliphatic rings. The Bertz CT molecular complexity index is 244. The van der Waals surface area contributed by atoms with E-state index in [4.69, 9.17) is 0 Å². The molecule has 0 radical (unpaired) electrons. The SMILES string of the molecule is CC(C)/C=C\CCc1ccccc1. The number of aryl methyl sites for hydroxylation is 1. The Labute approximate surface area is 81.3 Å². The van der Waals surface area contributed by atoms with Crippen molar-refractivity contribution in [3.8, 4) is 0 Å². The zero-order chi connectivity index (χ0) is 9.52. The maximum absolute atomic E-state index is 2.28. The predicted molar refractivity (Wildman–Crippen MR) is 58.7 cm³/mol.